The summed E-state index contributed by atoms with van der Waals surface area (Å²) in [5, 5.41) is 6.41. The summed E-state index contributed by atoms with van der Waals surface area (Å²) < 4.78 is 35.2. The van der Waals surface area contributed by atoms with E-state index in [9.17, 15) is 4.39 Å². The number of methoxy groups -OCH3 is 3. The van der Waals surface area contributed by atoms with Gasteiger partial charge in [0, 0.05) is 25.2 Å². The molecule has 158 valence electrons. The first kappa shape index (κ1) is 22.1. The highest BCUT2D eigenvalue weighted by molar-refractivity contribution is 5.79. The Balaban J connectivity index is 1.94. The minimum absolute atomic E-state index is 0.189. The van der Waals surface area contributed by atoms with Gasteiger partial charge < -0.3 is 29.6 Å². The van der Waals surface area contributed by atoms with E-state index >= 15 is 0 Å². The molecule has 2 aromatic carbocycles. The van der Waals surface area contributed by atoms with Crippen LogP contribution in [0.1, 0.15) is 12.5 Å². The number of guanidine groups is 1. The fourth-order valence-electron chi connectivity index (χ4n) is 2.76. The zero-order valence-corrected chi connectivity index (χ0v) is 17.4. The maximum absolute atomic E-state index is 13.3. The predicted molar refractivity (Wildman–Crippen MR) is 111 cm³/mol. The van der Waals surface area contributed by atoms with Crippen molar-refractivity contribution >= 4 is 5.96 Å². The van der Waals surface area contributed by atoms with Crippen LogP contribution in [0, 0.1) is 5.82 Å². The summed E-state index contributed by atoms with van der Waals surface area (Å²) in [4.78, 5) is 4.21. The van der Waals surface area contributed by atoms with Crippen molar-refractivity contribution in [2.45, 2.75) is 19.6 Å². The summed E-state index contributed by atoms with van der Waals surface area (Å²) in [6.07, 6.45) is -0.189. The number of hydrogen-bond acceptors (Lipinski definition) is 5. The molecule has 0 amide bonds. The Kier molecular flexibility index (Phi) is 8.39. The monoisotopic (exact) mass is 405 g/mol. The zero-order chi connectivity index (χ0) is 21.2. The second kappa shape index (κ2) is 11.0. The lowest BCUT2D eigenvalue weighted by molar-refractivity contribution is 0.223. The number of aliphatic imine (C=N–C) groups is 1. The third-order valence-electron chi connectivity index (χ3n) is 4.15. The van der Waals surface area contributed by atoms with E-state index in [-0.39, 0.29) is 11.9 Å². The average molecular weight is 405 g/mol. The highest BCUT2D eigenvalue weighted by Gasteiger charge is 2.16. The summed E-state index contributed by atoms with van der Waals surface area (Å²) in [7, 11) is 6.41. The maximum Gasteiger partial charge on any atom is 0.203 e. The average Bonchev–Trinajstić information content (AvgIpc) is 2.73. The van der Waals surface area contributed by atoms with Crippen molar-refractivity contribution in [2.75, 3.05) is 34.9 Å². The smallest absolute Gasteiger partial charge is 0.203 e. The van der Waals surface area contributed by atoms with Gasteiger partial charge in [-0.25, -0.2) is 4.39 Å². The Hall–Kier alpha value is -3.16. The minimum Gasteiger partial charge on any atom is -0.493 e. The molecule has 1 unspecified atom stereocenters. The fraction of sp³-hybridized carbons (Fsp3) is 0.381. The number of rotatable bonds is 9. The Morgan fingerprint density at radius 1 is 1.03 bits per heavy atom. The molecule has 7 nitrogen and oxygen atoms in total. The molecule has 0 radical (unpaired) electrons. The molecule has 0 spiro atoms. The van der Waals surface area contributed by atoms with Crippen molar-refractivity contribution in [2.24, 2.45) is 4.99 Å². The standard InChI is InChI=1S/C21H28FN3O4/c1-14(29-17-8-6-7-16(22)11-17)12-24-21(23-2)25-13-15-9-10-18(26-3)20(28-5)19(15)27-4/h6-11,14H,12-13H2,1-5H3,(H2,23,24,25). The van der Waals surface area contributed by atoms with E-state index in [0.717, 1.165) is 5.56 Å². The molecule has 0 aromatic heterocycles. The molecule has 0 bridgehead atoms. The third kappa shape index (κ3) is 6.17. The molecule has 2 rings (SSSR count). The molecule has 8 heteroatoms. The van der Waals surface area contributed by atoms with Gasteiger partial charge in [0.2, 0.25) is 5.75 Å². The second-order valence-electron chi connectivity index (χ2n) is 6.19. The molecule has 0 saturated carbocycles. The first-order valence-corrected chi connectivity index (χ1v) is 9.17. The lowest BCUT2D eigenvalue weighted by atomic mass is 10.1. The first-order chi connectivity index (χ1) is 14.0. The lowest BCUT2D eigenvalue weighted by Gasteiger charge is -2.19. The molecule has 0 heterocycles. The van der Waals surface area contributed by atoms with Crippen LogP contribution in [0.5, 0.6) is 23.0 Å². The number of halogens is 1. The lowest BCUT2D eigenvalue weighted by Crippen LogP contribution is -2.41. The normalized spacial score (nSPS) is 12.1. The molecular weight excluding hydrogens is 377 g/mol. The summed E-state index contributed by atoms with van der Waals surface area (Å²) in [6, 6.07) is 9.79. The van der Waals surface area contributed by atoms with Crippen LogP contribution in [-0.4, -0.2) is 47.0 Å². The Morgan fingerprint density at radius 3 is 2.41 bits per heavy atom. The minimum atomic E-state index is -0.330. The second-order valence-corrected chi connectivity index (χ2v) is 6.19. The van der Waals surface area contributed by atoms with Gasteiger partial charge >= 0.3 is 0 Å². The van der Waals surface area contributed by atoms with Gasteiger partial charge in [0.1, 0.15) is 17.7 Å². The molecule has 2 N–H and O–H groups in total. The molecule has 0 fully saturated rings. The van der Waals surface area contributed by atoms with Crippen molar-refractivity contribution in [3.05, 3.63) is 47.8 Å². The topological polar surface area (TPSA) is 73.3 Å². The fourth-order valence-corrected chi connectivity index (χ4v) is 2.76. The maximum atomic E-state index is 13.3. The van der Waals surface area contributed by atoms with Gasteiger partial charge in [0.25, 0.3) is 0 Å². The van der Waals surface area contributed by atoms with Crippen molar-refractivity contribution in [3.8, 4) is 23.0 Å². The van der Waals surface area contributed by atoms with E-state index in [2.05, 4.69) is 15.6 Å². The number of ether oxygens (including phenoxy) is 4. The SMILES string of the molecule is CN=C(NCc1ccc(OC)c(OC)c1OC)NCC(C)Oc1cccc(F)c1. The Bertz CT molecular complexity index is 830. The highest BCUT2D eigenvalue weighted by atomic mass is 19.1. The van der Waals surface area contributed by atoms with Gasteiger partial charge in [-0.15, -0.1) is 0 Å². The molecule has 0 aliphatic rings. The van der Waals surface area contributed by atoms with E-state index < -0.39 is 0 Å². The van der Waals surface area contributed by atoms with Gasteiger partial charge in [0.05, 0.1) is 27.9 Å². The van der Waals surface area contributed by atoms with Crippen LogP contribution in [0.3, 0.4) is 0 Å². The van der Waals surface area contributed by atoms with Crippen LogP contribution in [0.2, 0.25) is 0 Å². The predicted octanol–water partition coefficient (Wildman–Crippen LogP) is 2.98. The third-order valence-corrected chi connectivity index (χ3v) is 4.15. The zero-order valence-electron chi connectivity index (χ0n) is 17.4. The van der Waals surface area contributed by atoms with Crippen molar-refractivity contribution in [3.63, 3.8) is 0 Å². The summed E-state index contributed by atoms with van der Waals surface area (Å²) in [5.41, 5.74) is 0.886. The van der Waals surface area contributed by atoms with Gasteiger partial charge in [-0.2, -0.15) is 0 Å². The molecule has 29 heavy (non-hydrogen) atoms. The number of nitrogens with zero attached hydrogens (tertiary/aromatic N) is 1. The number of benzene rings is 2. The molecule has 0 saturated heterocycles. The van der Waals surface area contributed by atoms with Crippen molar-refractivity contribution in [1.82, 2.24) is 10.6 Å². The van der Waals surface area contributed by atoms with Crippen LogP contribution in [0.15, 0.2) is 41.4 Å². The van der Waals surface area contributed by atoms with Gasteiger partial charge in [0.15, 0.2) is 17.5 Å². The van der Waals surface area contributed by atoms with Crippen LogP contribution in [0.4, 0.5) is 4.39 Å². The van der Waals surface area contributed by atoms with Crippen LogP contribution < -0.4 is 29.6 Å². The van der Waals surface area contributed by atoms with E-state index in [1.165, 1.54) is 12.1 Å². The van der Waals surface area contributed by atoms with E-state index in [0.29, 0.717) is 42.0 Å². The first-order valence-electron chi connectivity index (χ1n) is 9.17. The molecule has 0 aliphatic carbocycles. The summed E-state index contributed by atoms with van der Waals surface area (Å²) >= 11 is 0. The molecule has 2 aromatic rings. The van der Waals surface area contributed by atoms with Crippen LogP contribution in [0.25, 0.3) is 0 Å². The van der Waals surface area contributed by atoms with Crippen LogP contribution >= 0.6 is 0 Å². The quantitative estimate of drug-likeness (QED) is 0.494. The number of nitrogens with one attached hydrogen (secondary N) is 2. The largest absolute Gasteiger partial charge is 0.493 e. The van der Waals surface area contributed by atoms with Gasteiger partial charge in [-0.05, 0) is 31.2 Å². The summed E-state index contributed by atoms with van der Waals surface area (Å²) in [5.74, 6) is 2.48. The van der Waals surface area contributed by atoms with E-state index in [1.54, 1.807) is 40.5 Å². The van der Waals surface area contributed by atoms with Gasteiger partial charge in [-0.3, -0.25) is 4.99 Å². The van der Waals surface area contributed by atoms with Crippen molar-refractivity contribution in [1.29, 1.82) is 0 Å². The van der Waals surface area contributed by atoms with E-state index in [1.807, 2.05) is 19.1 Å². The van der Waals surface area contributed by atoms with Crippen LogP contribution in [-0.2, 0) is 6.54 Å². The highest BCUT2D eigenvalue weighted by Crippen LogP contribution is 2.39. The molecular formula is C21H28FN3O4. The summed E-state index contributed by atoms with van der Waals surface area (Å²) in [6.45, 7) is 2.84. The molecule has 0 aliphatic heterocycles. The van der Waals surface area contributed by atoms with Gasteiger partial charge in [-0.1, -0.05) is 6.07 Å². The van der Waals surface area contributed by atoms with Crippen molar-refractivity contribution < 1.29 is 23.3 Å². The van der Waals surface area contributed by atoms with E-state index in [4.69, 9.17) is 18.9 Å². The Labute approximate surface area is 170 Å². The molecule has 1 atom stereocenters. The number of hydrogen-bond donors (Lipinski definition) is 2. The Morgan fingerprint density at radius 2 is 1.79 bits per heavy atom.